The van der Waals surface area contributed by atoms with Crippen LogP contribution >= 0.6 is 0 Å². The van der Waals surface area contributed by atoms with Crippen LogP contribution in [0, 0.1) is 0 Å². The Labute approximate surface area is 298 Å². The van der Waals surface area contributed by atoms with E-state index in [0.717, 1.165) is 22.7 Å². The topological polar surface area (TPSA) is 8.17 Å². The quantitative estimate of drug-likeness (QED) is 0.180. The monoisotopic (exact) mass is 652 g/mol. The Morgan fingerprint density at radius 3 is 1.90 bits per heavy atom. The van der Waals surface area contributed by atoms with Crippen LogP contribution in [0.5, 0.6) is 0 Å². The molecule has 0 N–H and O–H groups in total. The van der Waals surface area contributed by atoms with Crippen molar-refractivity contribution in [1.82, 2.24) is 4.57 Å². The molecule has 0 saturated heterocycles. The lowest BCUT2D eigenvalue weighted by Crippen LogP contribution is -2.16. The van der Waals surface area contributed by atoms with Crippen molar-refractivity contribution < 1.29 is 0 Å². The Bertz CT molecular complexity index is 2770. The minimum atomic E-state index is -0.0925. The van der Waals surface area contributed by atoms with Crippen LogP contribution in [0.3, 0.4) is 0 Å². The summed E-state index contributed by atoms with van der Waals surface area (Å²) < 4.78 is 2.42. The number of fused-ring (bicyclic) bond motifs is 7. The Morgan fingerprint density at radius 2 is 1.04 bits per heavy atom. The van der Waals surface area contributed by atoms with E-state index in [1.807, 2.05) is 0 Å². The summed E-state index contributed by atoms with van der Waals surface area (Å²) in [4.78, 5) is 2.42. The van der Waals surface area contributed by atoms with Gasteiger partial charge in [-0.2, -0.15) is 0 Å². The maximum Gasteiger partial charge on any atom is 0.0547 e. The largest absolute Gasteiger partial charge is 0.310 e. The van der Waals surface area contributed by atoms with Crippen LogP contribution in [0.25, 0.3) is 60.5 Å². The first-order valence-corrected chi connectivity index (χ1v) is 17.8. The number of rotatable bonds is 5. The van der Waals surface area contributed by atoms with Crippen LogP contribution in [0.2, 0.25) is 0 Å². The maximum absolute atomic E-state index is 2.42. The molecule has 0 spiro atoms. The number of hydrogen-bond donors (Lipinski definition) is 0. The number of benzene rings is 8. The molecule has 0 radical (unpaired) electrons. The van der Waals surface area contributed by atoms with E-state index in [0.29, 0.717) is 0 Å². The first-order valence-electron chi connectivity index (χ1n) is 17.8. The van der Waals surface area contributed by atoms with E-state index >= 15 is 0 Å². The van der Waals surface area contributed by atoms with Gasteiger partial charge in [0.05, 0.1) is 11.0 Å². The molecule has 9 aromatic rings. The van der Waals surface area contributed by atoms with E-state index in [-0.39, 0.29) is 5.41 Å². The lowest BCUT2D eigenvalue weighted by Gasteiger charge is -2.28. The van der Waals surface area contributed by atoms with Crippen molar-refractivity contribution in [3.05, 3.63) is 193 Å². The molecule has 0 fully saturated rings. The smallest absolute Gasteiger partial charge is 0.0547 e. The second-order valence-electron chi connectivity index (χ2n) is 14.2. The molecular weight excluding hydrogens is 617 g/mol. The van der Waals surface area contributed by atoms with Gasteiger partial charge in [0.25, 0.3) is 0 Å². The molecular formula is C49H36N2. The minimum absolute atomic E-state index is 0.0925. The van der Waals surface area contributed by atoms with Gasteiger partial charge in [-0.05, 0) is 105 Å². The lowest BCUT2D eigenvalue weighted by atomic mass is 9.82. The fourth-order valence-corrected chi connectivity index (χ4v) is 8.59. The summed E-state index contributed by atoms with van der Waals surface area (Å²) in [6.45, 7) is 4.71. The fourth-order valence-electron chi connectivity index (χ4n) is 8.59. The van der Waals surface area contributed by atoms with Gasteiger partial charge in [-0.3, -0.25) is 0 Å². The van der Waals surface area contributed by atoms with Gasteiger partial charge in [0.1, 0.15) is 0 Å². The molecule has 51 heavy (non-hydrogen) atoms. The van der Waals surface area contributed by atoms with Crippen molar-refractivity contribution in [1.29, 1.82) is 0 Å². The summed E-state index contributed by atoms with van der Waals surface area (Å²) in [5.41, 5.74) is 14.8. The highest BCUT2D eigenvalue weighted by Crippen LogP contribution is 2.51. The second kappa shape index (κ2) is 11.3. The molecule has 1 heterocycles. The van der Waals surface area contributed by atoms with Gasteiger partial charge in [0.2, 0.25) is 0 Å². The van der Waals surface area contributed by atoms with Crippen LogP contribution < -0.4 is 4.90 Å². The highest BCUT2D eigenvalue weighted by molar-refractivity contribution is 6.18. The molecule has 0 amide bonds. The Morgan fingerprint density at radius 1 is 0.412 bits per heavy atom. The highest BCUT2D eigenvalue weighted by atomic mass is 15.1. The second-order valence-corrected chi connectivity index (χ2v) is 14.2. The van der Waals surface area contributed by atoms with E-state index in [2.05, 4.69) is 205 Å². The molecule has 2 nitrogen and oxygen atoms in total. The summed E-state index contributed by atoms with van der Waals surface area (Å²) in [5, 5.41) is 4.99. The van der Waals surface area contributed by atoms with Gasteiger partial charge < -0.3 is 9.47 Å². The molecule has 1 aromatic heterocycles. The van der Waals surface area contributed by atoms with Crippen molar-refractivity contribution in [2.24, 2.45) is 0 Å². The third-order valence-electron chi connectivity index (χ3n) is 11.0. The molecule has 242 valence electrons. The average molecular weight is 653 g/mol. The minimum Gasteiger partial charge on any atom is -0.310 e. The lowest BCUT2D eigenvalue weighted by molar-refractivity contribution is 0.660. The van der Waals surface area contributed by atoms with Crippen LogP contribution in [-0.4, -0.2) is 4.57 Å². The number of anilines is 3. The third kappa shape index (κ3) is 4.50. The number of nitrogens with zero attached hydrogens (tertiary/aromatic N) is 2. The zero-order valence-electron chi connectivity index (χ0n) is 28.7. The number of para-hydroxylation sites is 2. The van der Waals surface area contributed by atoms with Gasteiger partial charge in [-0.1, -0.05) is 135 Å². The zero-order chi connectivity index (χ0) is 34.1. The average Bonchev–Trinajstić information content (AvgIpc) is 3.64. The van der Waals surface area contributed by atoms with Crippen molar-refractivity contribution in [2.75, 3.05) is 4.90 Å². The van der Waals surface area contributed by atoms with Gasteiger partial charge in [-0.25, -0.2) is 0 Å². The fraction of sp³-hybridized carbons (Fsp3) is 0.0612. The summed E-state index contributed by atoms with van der Waals surface area (Å²) in [6, 6.07) is 66.6. The summed E-state index contributed by atoms with van der Waals surface area (Å²) in [6.07, 6.45) is 0. The molecule has 1 aliphatic carbocycles. The van der Waals surface area contributed by atoms with Crippen LogP contribution in [0.1, 0.15) is 25.0 Å². The molecule has 10 rings (SSSR count). The SMILES string of the molecule is CC1(C)c2ccccc2-c2ccc(N(c3ccccc3)c3ccc4c(c3)c3c(-c5cccc6ccccc56)cccc3n4-c3ccccc3)cc21. The van der Waals surface area contributed by atoms with Gasteiger partial charge in [0, 0.05) is 38.9 Å². The van der Waals surface area contributed by atoms with E-state index in [4.69, 9.17) is 0 Å². The van der Waals surface area contributed by atoms with Crippen molar-refractivity contribution in [3.63, 3.8) is 0 Å². The summed E-state index contributed by atoms with van der Waals surface area (Å²) >= 11 is 0. The van der Waals surface area contributed by atoms with Crippen LogP contribution in [0.15, 0.2) is 182 Å². The van der Waals surface area contributed by atoms with E-state index in [1.165, 1.54) is 66.0 Å². The van der Waals surface area contributed by atoms with E-state index in [9.17, 15) is 0 Å². The molecule has 0 unspecified atom stereocenters. The van der Waals surface area contributed by atoms with Crippen LogP contribution in [0.4, 0.5) is 17.1 Å². The molecule has 1 aliphatic rings. The van der Waals surface area contributed by atoms with Gasteiger partial charge in [-0.15, -0.1) is 0 Å². The maximum atomic E-state index is 2.42. The predicted octanol–water partition coefficient (Wildman–Crippen LogP) is 13.4. The highest BCUT2D eigenvalue weighted by Gasteiger charge is 2.35. The van der Waals surface area contributed by atoms with Crippen molar-refractivity contribution >= 4 is 49.6 Å². The Kier molecular flexibility index (Phi) is 6.56. The van der Waals surface area contributed by atoms with Crippen molar-refractivity contribution in [2.45, 2.75) is 19.3 Å². The molecule has 8 aromatic carbocycles. The predicted molar refractivity (Wildman–Crippen MR) is 216 cm³/mol. The summed E-state index contributed by atoms with van der Waals surface area (Å²) in [7, 11) is 0. The zero-order valence-corrected chi connectivity index (χ0v) is 28.7. The third-order valence-corrected chi connectivity index (χ3v) is 11.0. The van der Waals surface area contributed by atoms with E-state index in [1.54, 1.807) is 0 Å². The van der Waals surface area contributed by atoms with Crippen LogP contribution in [-0.2, 0) is 5.41 Å². The number of hydrogen-bond acceptors (Lipinski definition) is 1. The van der Waals surface area contributed by atoms with E-state index < -0.39 is 0 Å². The molecule has 2 heteroatoms. The Hall–Kier alpha value is -6.38. The van der Waals surface area contributed by atoms with Gasteiger partial charge >= 0.3 is 0 Å². The molecule has 0 bridgehead atoms. The van der Waals surface area contributed by atoms with Gasteiger partial charge in [0.15, 0.2) is 0 Å². The first-order chi connectivity index (χ1) is 25.1. The Balaban J connectivity index is 1.25. The molecule has 0 atom stereocenters. The normalized spacial score (nSPS) is 13.1. The molecule has 0 aliphatic heterocycles. The number of aromatic nitrogens is 1. The summed E-state index contributed by atoms with van der Waals surface area (Å²) in [5.74, 6) is 0. The standard InChI is InChI=1S/C49H36N2/c1-49(2)44-25-12-11-22-40(44)41-29-27-37(32-45(41)49)50(34-17-5-3-6-18-34)36-28-30-46-43(31-36)48-42(39-23-13-16-33-15-9-10-21-38(33)39)24-14-26-47(48)51(46)35-19-7-4-8-20-35/h3-32H,1-2H3. The first kappa shape index (κ1) is 29.5. The van der Waals surface area contributed by atoms with Crippen molar-refractivity contribution in [3.8, 4) is 27.9 Å². The molecule has 0 saturated carbocycles.